The second-order valence-electron chi connectivity index (χ2n) is 5.24. The van der Waals surface area contributed by atoms with E-state index in [9.17, 15) is 0 Å². The predicted molar refractivity (Wildman–Crippen MR) is 74.2 cm³/mol. The molecule has 0 aliphatic heterocycles. The van der Waals surface area contributed by atoms with Crippen LogP contribution in [0.15, 0.2) is 0 Å². The van der Waals surface area contributed by atoms with Crippen molar-refractivity contribution in [2.24, 2.45) is 0 Å². The van der Waals surface area contributed by atoms with Crippen molar-refractivity contribution in [3.05, 3.63) is 10.6 Å². The Morgan fingerprint density at radius 3 is 0.588 bits per heavy atom. The molecule has 0 heterocycles. The van der Waals surface area contributed by atoms with Crippen LogP contribution in [0.5, 0.6) is 0 Å². The molecule has 0 fully saturated rings. The van der Waals surface area contributed by atoms with Gasteiger partial charge in [0.05, 0.1) is 0 Å². The monoisotopic (exact) mass is 414 g/mol. The van der Waals surface area contributed by atoms with Crippen molar-refractivity contribution in [1.29, 1.82) is 0 Å². The summed E-state index contributed by atoms with van der Waals surface area (Å²) in [4.78, 5) is 0. The smallest absolute Gasteiger partial charge is 0.668 e. The molecule has 4 radical (unpaired) electrons. The van der Waals surface area contributed by atoms with Crippen LogP contribution >= 0.6 is 0 Å². The standard InChI is InChI=1S/2C4H9N.2C2H6N.W/c2*1-4(2,3)5;2*1-3-2;/h2*1-3H3;2*1-2H3;/q;;2*-1;+2. The number of hydrogen-bond donors (Lipinski definition) is 0. The third kappa shape index (κ3) is 12500. The summed E-state index contributed by atoms with van der Waals surface area (Å²) in [6.45, 7) is 10.5. The average Bonchev–Trinajstić information content (AvgIpc) is 1.79. The van der Waals surface area contributed by atoms with Crippen LogP contribution in [0.3, 0.4) is 0 Å². The van der Waals surface area contributed by atoms with Crippen LogP contribution in [0.1, 0.15) is 41.5 Å². The average molecular weight is 414 g/mol. The van der Waals surface area contributed by atoms with Gasteiger partial charge in [-0.2, -0.15) is 28.2 Å². The predicted octanol–water partition coefficient (Wildman–Crippen LogP) is 2.94. The zero-order valence-corrected chi connectivity index (χ0v) is 16.1. The minimum Gasteiger partial charge on any atom is -0.668 e. The van der Waals surface area contributed by atoms with E-state index in [0.29, 0.717) is 0 Å². The molecule has 0 aromatic carbocycles. The van der Waals surface area contributed by atoms with E-state index in [1.54, 1.807) is 69.7 Å². The zero-order valence-electron chi connectivity index (χ0n) is 13.2. The summed E-state index contributed by atoms with van der Waals surface area (Å²) in [6.07, 6.45) is 0. The third-order valence-electron chi connectivity index (χ3n) is 0. The van der Waals surface area contributed by atoms with Gasteiger partial charge in [0.1, 0.15) is 0 Å². The molecule has 0 unspecified atom stereocenters. The van der Waals surface area contributed by atoms with Gasteiger partial charge in [-0.3, -0.25) is 0 Å². The molecular weight excluding hydrogens is 384 g/mol. The second-order valence-corrected chi connectivity index (χ2v) is 5.24. The summed E-state index contributed by atoms with van der Waals surface area (Å²) in [7, 11) is 7.00. The van der Waals surface area contributed by atoms with Gasteiger partial charge in [0, 0.05) is 11.1 Å². The molecule has 17 heavy (non-hydrogen) atoms. The SMILES string of the molecule is CC(C)(C)[N].CC(C)(C)[N].C[N-]C.C[N-]C.[W+2]. The molecule has 0 aliphatic rings. The van der Waals surface area contributed by atoms with E-state index in [2.05, 4.69) is 10.6 Å². The van der Waals surface area contributed by atoms with Crippen molar-refractivity contribution in [3.8, 4) is 0 Å². The topological polar surface area (TPSA) is 72.8 Å². The van der Waals surface area contributed by atoms with Crippen LogP contribution in [0.4, 0.5) is 0 Å². The van der Waals surface area contributed by atoms with Crippen molar-refractivity contribution < 1.29 is 21.1 Å². The Morgan fingerprint density at radius 2 is 0.588 bits per heavy atom. The molecule has 104 valence electrons. The first-order valence-corrected chi connectivity index (χ1v) is 5.24. The van der Waals surface area contributed by atoms with Gasteiger partial charge >= 0.3 is 21.1 Å². The summed E-state index contributed by atoms with van der Waals surface area (Å²) in [5, 5.41) is 7.00. The van der Waals surface area contributed by atoms with Gasteiger partial charge in [-0.15, -0.1) is 11.5 Å². The van der Waals surface area contributed by atoms with E-state index in [1.165, 1.54) is 0 Å². The van der Waals surface area contributed by atoms with Crippen LogP contribution in [-0.2, 0) is 21.1 Å². The van der Waals surface area contributed by atoms with Crippen molar-refractivity contribution in [2.75, 3.05) is 28.2 Å². The Morgan fingerprint density at radius 1 is 0.588 bits per heavy atom. The van der Waals surface area contributed by atoms with E-state index in [1.807, 2.05) is 0 Å². The zero-order chi connectivity index (χ0) is 14.4. The summed E-state index contributed by atoms with van der Waals surface area (Å²) >= 11 is 0. The Hall–Kier alpha value is 0.528. The molecule has 0 aromatic heterocycles. The van der Waals surface area contributed by atoms with Gasteiger partial charge in [0.25, 0.3) is 0 Å². The first-order chi connectivity index (χ1) is 6.83. The van der Waals surface area contributed by atoms with Crippen molar-refractivity contribution >= 4 is 0 Å². The maximum absolute atomic E-state index is 8.52. The van der Waals surface area contributed by atoms with Gasteiger partial charge in [0.2, 0.25) is 0 Å². The van der Waals surface area contributed by atoms with E-state index >= 15 is 0 Å². The summed E-state index contributed by atoms with van der Waals surface area (Å²) in [5.74, 6) is 0. The van der Waals surface area contributed by atoms with Gasteiger partial charge < -0.3 is 10.6 Å². The second kappa shape index (κ2) is 18.9. The van der Waals surface area contributed by atoms with E-state index in [-0.39, 0.29) is 21.1 Å². The molecule has 0 bridgehead atoms. The largest absolute Gasteiger partial charge is 2.00 e. The first-order valence-electron chi connectivity index (χ1n) is 5.24. The quantitative estimate of drug-likeness (QED) is 0.585. The van der Waals surface area contributed by atoms with Gasteiger partial charge in [-0.1, -0.05) is 0 Å². The number of rotatable bonds is 0. The fraction of sp³-hybridized carbons (Fsp3) is 1.00. The van der Waals surface area contributed by atoms with Gasteiger partial charge in [0.15, 0.2) is 0 Å². The van der Waals surface area contributed by atoms with Crippen molar-refractivity contribution in [1.82, 2.24) is 11.5 Å². The van der Waals surface area contributed by atoms with Crippen LogP contribution in [-0.4, -0.2) is 39.3 Å². The minimum atomic E-state index is -0.500. The maximum Gasteiger partial charge on any atom is 2.00 e. The van der Waals surface area contributed by atoms with E-state index < -0.39 is 11.1 Å². The summed E-state index contributed by atoms with van der Waals surface area (Å²) in [6, 6.07) is 0. The molecule has 0 atom stereocenters. The molecule has 0 N–H and O–H groups in total. The molecule has 0 aromatic rings. The molecule has 0 spiro atoms. The van der Waals surface area contributed by atoms with E-state index in [0.717, 1.165) is 0 Å². The molecule has 0 aliphatic carbocycles. The fourth-order valence-electron chi connectivity index (χ4n) is 0. The molecule has 5 heteroatoms. The molecule has 0 rings (SSSR count). The molecule has 4 nitrogen and oxygen atoms in total. The van der Waals surface area contributed by atoms with Crippen LogP contribution in [0.2, 0.25) is 0 Å². The van der Waals surface area contributed by atoms with Crippen LogP contribution in [0.25, 0.3) is 10.6 Å². The first kappa shape index (κ1) is 30.5. The van der Waals surface area contributed by atoms with Crippen LogP contribution in [0, 0.1) is 0 Å². The summed E-state index contributed by atoms with van der Waals surface area (Å²) < 4.78 is 0. The Labute approximate surface area is 124 Å². The van der Waals surface area contributed by atoms with E-state index in [4.69, 9.17) is 11.5 Å². The Kier molecular flexibility index (Phi) is 33.9. The van der Waals surface area contributed by atoms with Crippen molar-refractivity contribution in [2.45, 2.75) is 52.6 Å². The van der Waals surface area contributed by atoms with Crippen LogP contribution < -0.4 is 11.5 Å². The Balaban J connectivity index is -0.0000000381. The molecular formula is C12H30N4W. The summed E-state index contributed by atoms with van der Waals surface area (Å²) in [5.41, 5.74) is 16.0. The third-order valence-corrected chi connectivity index (χ3v) is 0. The van der Waals surface area contributed by atoms with Gasteiger partial charge in [-0.05, 0) is 41.5 Å². The molecule has 0 saturated carbocycles. The van der Waals surface area contributed by atoms with Gasteiger partial charge in [-0.25, -0.2) is 0 Å². The maximum atomic E-state index is 8.52. The molecule has 0 saturated heterocycles. The Bertz CT molecular complexity index is 80.1. The minimum absolute atomic E-state index is 0. The van der Waals surface area contributed by atoms with Crippen molar-refractivity contribution in [3.63, 3.8) is 0 Å². The number of hydrogen-bond acceptors (Lipinski definition) is 0. The fourth-order valence-corrected chi connectivity index (χ4v) is 0. The normalized spacial score (nSPS) is 9.18. The number of nitrogens with zero attached hydrogens (tertiary/aromatic N) is 4. The molecule has 0 amide bonds.